The lowest BCUT2D eigenvalue weighted by Crippen LogP contribution is -2.21. The first-order chi connectivity index (χ1) is 16.6. The monoisotopic (exact) mass is 471 g/mol. The third-order valence-electron chi connectivity index (χ3n) is 5.28. The molecule has 1 amide bonds. The number of nitrogens with two attached hydrogens (primary N) is 1. The molecule has 0 fully saturated rings. The van der Waals surface area contributed by atoms with Crippen LogP contribution in [0, 0.1) is 5.41 Å². The smallest absolute Gasteiger partial charge is 0.411 e. The SMILES string of the molecule is N=C(N)c1cc2c(OC(COC(=O)Nc3ccc4cn[nH]c4c3)c3ccccc3)cccc2s1. The molecule has 8 nitrogen and oxygen atoms in total. The number of thiophene rings is 1. The van der Waals surface area contributed by atoms with Crippen molar-refractivity contribution >= 4 is 49.9 Å². The van der Waals surface area contributed by atoms with Crippen LogP contribution >= 0.6 is 11.3 Å². The molecule has 0 radical (unpaired) electrons. The van der Waals surface area contributed by atoms with Gasteiger partial charge in [0.2, 0.25) is 0 Å². The van der Waals surface area contributed by atoms with Crippen LogP contribution in [-0.2, 0) is 4.74 Å². The second-order valence-electron chi connectivity index (χ2n) is 7.60. The Hall–Kier alpha value is -4.37. The molecule has 34 heavy (non-hydrogen) atoms. The molecule has 0 spiro atoms. The van der Waals surface area contributed by atoms with Crippen LogP contribution in [0.5, 0.6) is 5.75 Å². The van der Waals surface area contributed by atoms with Gasteiger partial charge in [-0.3, -0.25) is 15.8 Å². The first kappa shape index (κ1) is 21.5. The van der Waals surface area contributed by atoms with E-state index in [1.165, 1.54) is 11.3 Å². The normalized spacial score (nSPS) is 11.9. The van der Waals surface area contributed by atoms with Crippen molar-refractivity contribution < 1.29 is 14.3 Å². The zero-order valence-electron chi connectivity index (χ0n) is 17.9. The summed E-state index contributed by atoms with van der Waals surface area (Å²) in [5, 5.41) is 19.1. The zero-order chi connectivity index (χ0) is 23.5. The maximum Gasteiger partial charge on any atom is 0.411 e. The number of amides is 1. The summed E-state index contributed by atoms with van der Waals surface area (Å²) in [6, 6.07) is 22.6. The van der Waals surface area contributed by atoms with Crippen molar-refractivity contribution in [1.29, 1.82) is 5.41 Å². The summed E-state index contributed by atoms with van der Waals surface area (Å²) in [5.74, 6) is 0.642. The van der Waals surface area contributed by atoms with Crippen molar-refractivity contribution in [1.82, 2.24) is 10.2 Å². The first-order valence-electron chi connectivity index (χ1n) is 10.5. The van der Waals surface area contributed by atoms with Crippen LogP contribution in [0.2, 0.25) is 0 Å². The molecular weight excluding hydrogens is 450 g/mol. The number of anilines is 1. The molecule has 2 aromatic heterocycles. The van der Waals surface area contributed by atoms with Crippen LogP contribution in [0.25, 0.3) is 21.0 Å². The third kappa shape index (κ3) is 4.55. The van der Waals surface area contributed by atoms with Crippen LogP contribution < -0.4 is 15.8 Å². The maximum absolute atomic E-state index is 12.5. The number of nitrogen functional groups attached to an aromatic ring is 1. The Morgan fingerprint density at radius 3 is 2.79 bits per heavy atom. The summed E-state index contributed by atoms with van der Waals surface area (Å²) >= 11 is 1.43. The second kappa shape index (κ2) is 9.24. The van der Waals surface area contributed by atoms with E-state index in [4.69, 9.17) is 20.6 Å². The predicted octanol–water partition coefficient (Wildman–Crippen LogP) is 5.43. The lowest BCUT2D eigenvalue weighted by molar-refractivity contribution is 0.0910. The van der Waals surface area contributed by atoms with Gasteiger partial charge in [0.05, 0.1) is 16.6 Å². The summed E-state index contributed by atoms with van der Waals surface area (Å²) in [5.41, 5.74) is 7.95. The van der Waals surface area contributed by atoms with Gasteiger partial charge in [-0.05, 0) is 42.0 Å². The van der Waals surface area contributed by atoms with E-state index in [-0.39, 0.29) is 12.4 Å². The molecule has 1 unspecified atom stereocenters. The number of amidine groups is 1. The minimum absolute atomic E-state index is 0.00222. The number of hydrogen-bond acceptors (Lipinski definition) is 6. The van der Waals surface area contributed by atoms with E-state index in [9.17, 15) is 4.79 Å². The average molecular weight is 472 g/mol. The lowest BCUT2D eigenvalue weighted by atomic mass is 10.1. The predicted molar refractivity (Wildman–Crippen MR) is 134 cm³/mol. The molecule has 2 heterocycles. The fourth-order valence-corrected chi connectivity index (χ4v) is 4.55. The Kier molecular flexibility index (Phi) is 5.84. The van der Waals surface area contributed by atoms with Gasteiger partial charge in [-0.25, -0.2) is 4.79 Å². The minimum Gasteiger partial charge on any atom is -0.481 e. The molecule has 0 aliphatic rings. The second-order valence-corrected chi connectivity index (χ2v) is 8.69. The van der Waals surface area contributed by atoms with E-state index in [1.54, 1.807) is 18.3 Å². The number of nitrogens with one attached hydrogen (secondary N) is 3. The zero-order valence-corrected chi connectivity index (χ0v) is 18.8. The molecule has 0 saturated carbocycles. The summed E-state index contributed by atoms with van der Waals surface area (Å²) in [6.45, 7) is 0.00222. The Balaban J connectivity index is 1.34. The summed E-state index contributed by atoms with van der Waals surface area (Å²) in [4.78, 5) is 13.2. The van der Waals surface area contributed by atoms with Crippen LogP contribution in [0.3, 0.4) is 0 Å². The maximum atomic E-state index is 12.5. The van der Waals surface area contributed by atoms with E-state index in [0.717, 1.165) is 26.6 Å². The fourth-order valence-electron chi connectivity index (χ4n) is 3.61. The Morgan fingerprint density at radius 1 is 1.12 bits per heavy atom. The summed E-state index contributed by atoms with van der Waals surface area (Å²) in [7, 11) is 0. The molecule has 0 bridgehead atoms. The molecule has 5 N–H and O–H groups in total. The molecule has 0 aliphatic heterocycles. The van der Waals surface area contributed by atoms with Crippen molar-refractivity contribution in [3.05, 3.63) is 89.4 Å². The van der Waals surface area contributed by atoms with Gasteiger partial charge >= 0.3 is 6.09 Å². The number of aromatic amines is 1. The standard InChI is InChI=1S/C25H21N5O3S/c26-24(27)23-12-18-20(7-4-8-22(18)34-23)33-21(15-5-2-1-3-6-15)14-32-25(31)29-17-10-9-16-13-28-30-19(16)11-17/h1-13,21H,14H2,(H3,26,27)(H,28,30)(H,29,31). The Morgan fingerprint density at radius 2 is 1.97 bits per heavy atom. The van der Waals surface area contributed by atoms with Crippen molar-refractivity contribution in [2.24, 2.45) is 5.73 Å². The number of ether oxygens (including phenoxy) is 2. The summed E-state index contributed by atoms with van der Waals surface area (Å²) in [6.07, 6.45) is 0.594. The Bertz CT molecular complexity index is 1480. The lowest BCUT2D eigenvalue weighted by Gasteiger charge is -2.20. The number of fused-ring (bicyclic) bond motifs is 2. The van der Waals surface area contributed by atoms with Crippen LogP contribution in [0.1, 0.15) is 16.5 Å². The van der Waals surface area contributed by atoms with Gasteiger partial charge in [-0.1, -0.05) is 36.4 Å². The molecule has 5 aromatic rings. The van der Waals surface area contributed by atoms with Gasteiger partial charge in [0.25, 0.3) is 0 Å². The number of carbonyl (C=O) groups excluding carboxylic acids is 1. The number of benzene rings is 3. The molecule has 1 atom stereocenters. The van der Waals surface area contributed by atoms with E-state index in [2.05, 4.69) is 15.5 Å². The molecule has 3 aromatic carbocycles. The molecule has 5 rings (SSSR count). The van der Waals surface area contributed by atoms with Crippen molar-refractivity contribution in [3.8, 4) is 5.75 Å². The highest BCUT2D eigenvalue weighted by molar-refractivity contribution is 7.20. The van der Waals surface area contributed by atoms with Crippen LogP contribution in [0.15, 0.2) is 79.0 Å². The van der Waals surface area contributed by atoms with Crippen molar-refractivity contribution in [2.75, 3.05) is 11.9 Å². The largest absolute Gasteiger partial charge is 0.481 e. The van der Waals surface area contributed by atoms with E-state index < -0.39 is 12.2 Å². The van der Waals surface area contributed by atoms with E-state index >= 15 is 0 Å². The third-order valence-corrected chi connectivity index (χ3v) is 6.42. The molecule has 9 heteroatoms. The summed E-state index contributed by atoms with van der Waals surface area (Å²) < 4.78 is 12.8. The van der Waals surface area contributed by atoms with E-state index in [1.807, 2.05) is 60.7 Å². The molecular formula is C25H21N5O3S. The van der Waals surface area contributed by atoms with Gasteiger partial charge in [0.15, 0.2) is 6.10 Å². The molecule has 170 valence electrons. The van der Waals surface area contributed by atoms with Crippen molar-refractivity contribution in [3.63, 3.8) is 0 Å². The number of rotatable bonds is 7. The number of carbonyl (C=O) groups is 1. The quantitative estimate of drug-likeness (QED) is 0.186. The molecule has 0 aliphatic carbocycles. The minimum atomic E-state index is -0.587. The average Bonchev–Trinajstić information content (AvgIpc) is 3.49. The van der Waals surface area contributed by atoms with Crippen molar-refractivity contribution in [2.45, 2.75) is 6.10 Å². The number of nitrogens with zero attached hydrogens (tertiary/aromatic N) is 1. The van der Waals surface area contributed by atoms with E-state index in [0.29, 0.717) is 16.3 Å². The highest BCUT2D eigenvalue weighted by Crippen LogP contribution is 2.35. The number of H-pyrrole nitrogens is 1. The van der Waals surface area contributed by atoms with Gasteiger partial charge in [0.1, 0.15) is 18.2 Å². The number of aromatic nitrogens is 2. The topological polar surface area (TPSA) is 126 Å². The highest BCUT2D eigenvalue weighted by atomic mass is 32.1. The van der Waals surface area contributed by atoms with Gasteiger partial charge in [-0.2, -0.15) is 5.10 Å². The van der Waals surface area contributed by atoms with Crippen LogP contribution in [-0.4, -0.2) is 28.7 Å². The van der Waals surface area contributed by atoms with Gasteiger partial charge < -0.3 is 15.2 Å². The Labute approximate surface area is 198 Å². The number of hydrogen-bond donors (Lipinski definition) is 4. The first-order valence-corrected chi connectivity index (χ1v) is 11.3. The van der Waals surface area contributed by atoms with Gasteiger partial charge in [0, 0.05) is 21.2 Å². The highest BCUT2D eigenvalue weighted by Gasteiger charge is 2.19. The van der Waals surface area contributed by atoms with Gasteiger partial charge in [-0.15, -0.1) is 11.3 Å². The fraction of sp³-hybridized carbons (Fsp3) is 0.0800. The molecule has 0 saturated heterocycles. The van der Waals surface area contributed by atoms with Crippen LogP contribution in [0.4, 0.5) is 10.5 Å².